The highest BCUT2D eigenvalue weighted by Crippen LogP contribution is 2.17. The van der Waals surface area contributed by atoms with Crippen LogP contribution in [0.2, 0.25) is 0 Å². The van der Waals surface area contributed by atoms with Gasteiger partial charge in [0.25, 0.3) is 5.91 Å². The van der Waals surface area contributed by atoms with Gasteiger partial charge in [0.15, 0.2) is 0 Å². The van der Waals surface area contributed by atoms with Crippen LogP contribution in [0.4, 0.5) is 0 Å². The van der Waals surface area contributed by atoms with Crippen LogP contribution in [0.3, 0.4) is 0 Å². The molecule has 2 heterocycles. The molecule has 6 heteroatoms. The number of ether oxygens (including phenoxy) is 1. The summed E-state index contributed by atoms with van der Waals surface area (Å²) in [5, 5.41) is 12.8. The summed E-state index contributed by atoms with van der Waals surface area (Å²) < 4.78 is 10.3. The average molecular weight is 240 g/mol. The zero-order chi connectivity index (χ0) is 12.4. The summed E-state index contributed by atoms with van der Waals surface area (Å²) in [5.41, 5.74) is 1.11. The van der Waals surface area contributed by atoms with E-state index in [9.17, 15) is 4.79 Å². The second kappa shape index (κ2) is 4.85. The molecule has 1 N–H and O–H groups in total. The number of aliphatic hydroxyl groups is 1. The van der Waals surface area contributed by atoms with Crippen molar-refractivity contribution >= 4 is 5.91 Å². The van der Waals surface area contributed by atoms with E-state index in [0.29, 0.717) is 36.7 Å². The second-order valence-corrected chi connectivity index (χ2v) is 4.13. The first-order valence-electron chi connectivity index (χ1n) is 5.58. The third-order valence-corrected chi connectivity index (χ3v) is 2.88. The zero-order valence-corrected chi connectivity index (χ0v) is 9.97. The molecule has 1 aromatic heterocycles. The summed E-state index contributed by atoms with van der Waals surface area (Å²) in [5.74, 6) is 0.419. The van der Waals surface area contributed by atoms with Crippen molar-refractivity contribution < 1.29 is 19.2 Å². The Balaban J connectivity index is 2.15. The van der Waals surface area contributed by atoms with E-state index in [4.69, 9.17) is 14.4 Å². The molecule has 0 aromatic carbocycles. The van der Waals surface area contributed by atoms with Gasteiger partial charge in [0, 0.05) is 13.1 Å². The summed E-state index contributed by atoms with van der Waals surface area (Å²) in [7, 11) is 0. The van der Waals surface area contributed by atoms with Crippen molar-refractivity contribution in [3.05, 3.63) is 17.0 Å². The van der Waals surface area contributed by atoms with E-state index in [1.807, 2.05) is 0 Å². The Labute approximate surface area is 99.1 Å². The monoisotopic (exact) mass is 240 g/mol. The Morgan fingerprint density at radius 2 is 2.35 bits per heavy atom. The van der Waals surface area contributed by atoms with Crippen LogP contribution in [0.25, 0.3) is 0 Å². The van der Waals surface area contributed by atoms with Gasteiger partial charge in [-0.2, -0.15) is 0 Å². The third-order valence-electron chi connectivity index (χ3n) is 2.88. The summed E-state index contributed by atoms with van der Waals surface area (Å²) in [6.45, 7) is 4.76. The molecule has 94 valence electrons. The topological polar surface area (TPSA) is 75.8 Å². The van der Waals surface area contributed by atoms with Crippen LogP contribution < -0.4 is 0 Å². The number of nitrogens with zero attached hydrogens (tertiary/aromatic N) is 2. The number of amides is 1. The molecule has 0 bridgehead atoms. The van der Waals surface area contributed by atoms with Crippen molar-refractivity contribution in [1.29, 1.82) is 0 Å². The first-order chi connectivity index (χ1) is 8.13. The molecule has 17 heavy (non-hydrogen) atoms. The minimum absolute atomic E-state index is 0.0780. The molecule has 1 atom stereocenters. The van der Waals surface area contributed by atoms with E-state index in [2.05, 4.69) is 5.16 Å². The Morgan fingerprint density at radius 1 is 1.59 bits per heavy atom. The molecule has 6 nitrogen and oxygen atoms in total. The fraction of sp³-hybridized carbons (Fsp3) is 0.636. The lowest BCUT2D eigenvalue weighted by Gasteiger charge is -2.31. The molecule has 2 rings (SSSR count). The molecule has 1 amide bonds. The molecule has 1 aliphatic heterocycles. The van der Waals surface area contributed by atoms with E-state index < -0.39 is 0 Å². The third kappa shape index (κ3) is 2.32. The highest BCUT2D eigenvalue weighted by atomic mass is 16.5. The predicted molar refractivity (Wildman–Crippen MR) is 58.7 cm³/mol. The van der Waals surface area contributed by atoms with Gasteiger partial charge >= 0.3 is 0 Å². The lowest BCUT2D eigenvalue weighted by Crippen LogP contribution is -2.47. The maximum absolute atomic E-state index is 12.3. The second-order valence-electron chi connectivity index (χ2n) is 4.13. The van der Waals surface area contributed by atoms with Gasteiger partial charge in [0.2, 0.25) is 0 Å². The van der Waals surface area contributed by atoms with Gasteiger partial charge in [-0.1, -0.05) is 5.16 Å². The number of carbonyl (C=O) groups excluding carboxylic acids is 1. The highest BCUT2D eigenvalue weighted by molar-refractivity contribution is 5.96. The molecular formula is C11H16N2O4. The largest absolute Gasteiger partial charge is 0.394 e. The summed E-state index contributed by atoms with van der Waals surface area (Å²) in [4.78, 5) is 13.9. The fourth-order valence-electron chi connectivity index (χ4n) is 1.96. The molecule has 1 unspecified atom stereocenters. The molecular weight excluding hydrogens is 224 g/mol. The van der Waals surface area contributed by atoms with Crippen molar-refractivity contribution in [1.82, 2.24) is 10.1 Å². The normalized spacial score (nSPS) is 20.6. The van der Waals surface area contributed by atoms with Crippen LogP contribution in [0.1, 0.15) is 21.8 Å². The maximum atomic E-state index is 12.3. The van der Waals surface area contributed by atoms with Gasteiger partial charge < -0.3 is 19.3 Å². The molecule has 0 radical (unpaired) electrons. The van der Waals surface area contributed by atoms with Crippen molar-refractivity contribution in [2.45, 2.75) is 20.0 Å². The number of aliphatic hydroxyl groups excluding tert-OH is 1. The molecule has 1 aliphatic rings. The van der Waals surface area contributed by atoms with Gasteiger partial charge in [0.1, 0.15) is 11.3 Å². The van der Waals surface area contributed by atoms with E-state index in [1.165, 1.54) is 0 Å². The van der Waals surface area contributed by atoms with Gasteiger partial charge in [-0.15, -0.1) is 0 Å². The van der Waals surface area contributed by atoms with Crippen LogP contribution in [0, 0.1) is 13.8 Å². The lowest BCUT2D eigenvalue weighted by molar-refractivity contribution is -0.0447. The molecule has 0 saturated carbocycles. The van der Waals surface area contributed by atoms with Gasteiger partial charge in [-0.25, -0.2) is 0 Å². The number of morpholine rings is 1. The summed E-state index contributed by atoms with van der Waals surface area (Å²) in [6, 6.07) is 0. The Bertz CT molecular complexity index is 396. The molecule has 1 saturated heterocycles. The van der Waals surface area contributed by atoms with E-state index in [1.54, 1.807) is 18.7 Å². The van der Waals surface area contributed by atoms with Crippen LogP contribution in [0.15, 0.2) is 4.52 Å². The molecule has 1 aromatic rings. The Kier molecular flexibility index (Phi) is 3.44. The Hall–Kier alpha value is -1.40. The summed E-state index contributed by atoms with van der Waals surface area (Å²) in [6.07, 6.45) is -0.298. The van der Waals surface area contributed by atoms with Crippen molar-refractivity contribution in [2.75, 3.05) is 26.3 Å². The van der Waals surface area contributed by atoms with Crippen LogP contribution in [-0.4, -0.2) is 53.5 Å². The fourth-order valence-corrected chi connectivity index (χ4v) is 1.96. The van der Waals surface area contributed by atoms with Crippen molar-refractivity contribution in [2.24, 2.45) is 0 Å². The van der Waals surface area contributed by atoms with Gasteiger partial charge in [-0.05, 0) is 13.8 Å². The number of aryl methyl sites for hydroxylation is 2. The van der Waals surface area contributed by atoms with Crippen LogP contribution in [-0.2, 0) is 4.74 Å². The number of aromatic nitrogens is 1. The molecule has 1 fully saturated rings. The van der Waals surface area contributed by atoms with Gasteiger partial charge in [-0.3, -0.25) is 4.79 Å². The van der Waals surface area contributed by atoms with Gasteiger partial charge in [0.05, 0.1) is 25.0 Å². The predicted octanol–water partition coefficient (Wildman–Crippen LogP) is 0.125. The zero-order valence-electron chi connectivity index (χ0n) is 9.97. The molecule has 0 spiro atoms. The minimum atomic E-state index is -0.298. The average Bonchev–Trinajstić information content (AvgIpc) is 2.68. The van der Waals surface area contributed by atoms with E-state index in [0.717, 1.165) is 0 Å². The Morgan fingerprint density at radius 3 is 2.94 bits per heavy atom. The highest BCUT2D eigenvalue weighted by Gasteiger charge is 2.28. The number of hydrogen-bond donors (Lipinski definition) is 1. The number of rotatable bonds is 2. The van der Waals surface area contributed by atoms with Crippen molar-refractivity contribution in [3.63, 3.8) is 0 Å². The number of carbonyl (C=O) groups is 1. The van der Waals surface area contributed by atoms with Crippen LogP contribution in [0.5, 0.6) is 0 Å². The quantitative estimate of drug-likeness (QED) is 0.795. The minimum Gasteiger partial charge on any atom is -0.394 e. The first kappa shape index (κ1) is 12.1. The lowest BCUT2D eigenvalue weighted by atomic mass is 10.1. The first-order valence-corrected chi connectivity index (χ1v) is 5.58. The molecule has 0 aliphatic carbocycles. The maximum Gasteiger partial charge on any atom is 0.259 e. The van der Waals surface area contributed by atoms with E-state index >= 15 is 0 Å². The SMILES string of the molecule is Cc1noc(C)c1C(=O)N1CCOC(CO)C1. The number of hydrogen-bond acceptors (Lipinski definition) is 5. The summed E-state index contributed by atoms with van der Waals surface area (Å²) >= 11 is 0. The van der Waals surface area contributed by atoms with Crippen molar-refractivity contribution in [3.8, 4) is 0 Å². The van der Waals surface area contributed by atoms with Crippen LogP contribution >= 0.6 is 0 Å². The smallest absolute Gasteiger partial charge is 0.259 e. The standard InChI is InChI=1S/C11H16N2O4/c1-7-10(8(2)17-12-7)11(15)13-3-4-16-9(5-13)6-14/h9,14H,3-6H2,1-2H3. The van der Waals surface area contributed by atoms with E-state index in [-0.39, 0.29) is 18.6 Å².